The zero-order valence-electron chi connectivity index (χ0n) is 9.68. The lowest BCUT2D eigenvalue weighted by molar-refractivity contribution is 0.505. The van der Waals surface area contributed by atoms with Crippen LogP contribution in [0, 0.1) is 11.6 Å². The van der Waals surface area contributed by atoms with Crippen molar-refractivity contribution in [2.75, 3.05) is 0 Å². The van der Waals surface area contributed by atoms with Crippen molar-refractivity contribution >= 4 is 22.9 Å². The smallest absolute Gasteiger partial charge is 0.159 e. The summed E-state index contributed by atoms with van der Waals surface area (Å²) in [6.07, 6.45) is 0. The summed E-state index contributed by atoms with van der Waals surface area (Å²) in [5.74, 6) is -1.76. The Kier molecular flexibility index (Phi) is 3.38. The number of benzene rings is 2. The van der Waals surface area contributed by atoms with Gasteiger partial charge in [0, 0.05) is 11.4 Å². The van der Waals surface area contributed by atoms with Gasteiger partial charge in [-0.15, -0.1) is 0 Å². The average molecular weight is 297 g/mol. The van der Waals surface area contributed by atoms with Gasteiger partial charge < -0.3 is 0 Å². The third-order valence-electron chi connectivity index (χ3n) is 2.72. The number of hydrogen-bond donors (Lipinski definition) is 0. The van der Waals surface area contributed by atoms with E-state index in [1.54, 1.807) is 3.71 Å². The van der Waals surface area contributed by atoms with Crippen LogP contribution >= 0.6 is 11.9 Å². The van der Waals surface area contributed by atoms with Crippen LogP contribution in [0.15, 0.2) is 52.3 Å². The topological polar surface area (TPSA) is 20.3 Å². The van der Waals surface area contributed by atoms with Gasteiger partial charge in [-0.2, -0.15) is 3.71 Å². The van der Waals surface area contributed by atoms with E-state index in [0.29, 0.717) is 12.1 Å². The highest BCUT2D eigenvalue weighted by Gasteiger charge is 2.27. The van der Waals surface area contributed by atoms with E-state index in [9.17, 15) is 13.0 Å². The summed E-state index contributed by atoms with van der Waals surface area (Å²) >= 11 is 1.37. The van der Waals surface area contributed by atoms with Crippen LogP contribution < -0.4 is 0 Å². The summed E-state index contributed by atoms with van der Waals surface area (Å²) in [5, 5.41) is 0. The maximum atomic E-state index is 13.1. The van der Waals surface area contributed by atoms with Crippen LogP contribution in [-0.4, -0.2) is 7.92 Å². The van der Waals surface area contributed by atoms with Crippen molar-refractivity contribution in [2.45, 2.75) is 16.3 Å². The molecule has 2 nitrogen and oxygen atoms in total. The van der Waals surface area contributed by atoms with Crippen LogP contribution in [0.1, 0.15) is 5.56 Å². The molecular weight excluding hydrogens is 288 g/mol. The van der Waals surface area contributed by atoms with Crippen LogP contribution in [0.5, 0.6) is 0 Å². The maximum absolute atomic E-state index is 13.1. The minimum atomic E-state index is -1.27. The molecule has 6 heteroatoms. The Bertz CT molecular complexity index is 663. The van der Waals surface area contributed by atoms with E-state index >= 15 is 0 Å². The number of nitrogens with zero attached hydrogens (tertiary/aromatic N) is 1. The highest BCUT2D eigenvalue weighted by molar-refractivity contribution is 8.08. The van der Waals surface area contributed by atoms with Crippen molar-refractivity contribution in [1.29, 1.82) is 0 Å². The molecule has 2 aromatic carbocycles. The Hall–Kier alpha value is -1.24. The summed E-state index contributed by atoms with van der Waals surface area (Å²) in [6, 6.07) is 11.1. The second-order valence-electron chi connectivity index (χ2n) is 4.03. The first kappa shape index (κ1) is 12.8. The molecule has 0 radical (unpaired) electrons. The van der Waals surface area contributed by atoms with Gasteiger partial charge in [-0.1, -0.05) is 18.2 Å². The highest BCUT2D eigenvalue weighted by Crippen LogP contribution is 2.39. The van der Waals surface area contributed by atoms with Crippen LogP contribution in [0.25, 0.3) is 0 Å². The fourth-order valence-corrected chi connectivity index (χ4v) is 4.53. The zero-order valence-corrected chi connectivity index (χ0v) is 11.3. The molecule has 2 aromatic rings. The first-order valence-corrected chi connectivity index (χ1v) is 7.43. The van der Waals surface area contributed by atoms with E-state index in [1.807, 2.05) is 24.3 Å². The van der Waals surface area contributed by atoms with Crippen LogP contribution in [-0.2, 0) is 17.5 Å². The maximum Gasteiger partial charge on any atom is 0.159 e. The molecule has 0 saturated carbocycles. The predicted octanol–water partition coefficient (Wildman–Crippen LogP) is 3.51. The summed E-state index contributed by atoms with van der Waals surface area (Å²) in [5.41, 5.74) is 0.590. The Morgan fingerprint density at radius 1 is 1.11 bits per heavy atom. The molecule has 0 fully saturated rings. The number of hydrogen-bond acceptors (Lipinski definition) is 2. The Labute approximate surface area is 116 Å². The molecule has 1 unspecified atom stereocenters. The average Bonchev–Trinajstić information content (AvgIpc) is 2.72. The van der Waals surface area contributed by atoms with Crippen molar-refractivity contribution in [1.82, 2.24) is 3.71 Å². The van der Waals surface area contributed by atoms with Crippen molar-refractivity contribution in [2.24, 2.45) is 0 Å². The third kappa shape index (κ3) is 2.43. The first-order valence-electron chi connectivity index (χ1n) is 5.55. The first-order chi connectivity index (χ1) is 9.15. The van der Waals surface area contributed by atoms with E-state index in [-0.39, 0.29) is 0 Å². The SMILES string of the molecule is O=S1c2ccccc2SN1Cc1ccc(F)c(F)c1. The molecule has 1 heterocycles. The second kappa shape index (κ2) is 5.03. The predicted molar refractivity (Wildman–Crippen MR) is 70.6 cm³/mol. The quantitative estimate of drug-likeness (QED) is 0.791. The van der Waals surface area contributed by atoms with Gasteiger partial charge in [-0.3, -0.25) is 0 Å². The second-order valence-corrected chi connectivity index (χ2v) is 6.70. The number of halogens is 2. The van der Waals surface area contributed by atoms with Crippen LogP contribution in [0.3, 0.4) is 0 Å². The van der Waals surface area contributed by atoms with Gasteiger partial charge in [0.05, 0.1) is 4.90 Å². The van der Waals surface area contributed by atoms with Crippen molar-refractivity contribution in [3.05, 3.63) is 59.7 Å². The van der Waals surface area contributed by atoms with Gasteiger partial charge in [0.1, 0.15) is 11.0 Å². The minimum Gasteiger partial charge on any atom is -0.236 e. The fourth-order valence-electron chi connectivity index (χ4n) is 1.80. The molecule has 0 amide bonds. The number of fused-ring (bicyclic) bond motifs is 1. The standard InChI is InChI=1S/C13H9F2NOS2/c14-10-6-5-9(7-11(10)15)8-16-18-12-3-1-2-4-13(12)19(16)17/h1-7H,8H2. The van der Waals surface area contributed by atoms with Gasteiger partial charge in [0.15, 0.2) is 11.6 Å². The number of rotatable bonds is 2. The molecule has 19 heavy (non-hydrogen) atoms. The van der Waals surface area contributed by atoms with Crippen LogP contribution in [0.2, 0.25) is 0 Å². The Morgan fingerprint density at radius 2 is 1.89 bits per heavy atom. The molecule has 3 rings (SSSR count). The molecule has 1 aliphatic heterocycles. The third-order valence-corrected chi connectivity index (χ3v) is 5.59. The minimum absolute atomic E-state index is 0.295. The molecule has 0 aromatic heterocycles. The van der Waals surface area contributed by atoms with Crippen molar-refractivity contribution in [3.63, 3.8) is 0 Å². The van der Waals surface area contributed by atoms with E-state index in [1.165, 1.54) is 18.0 Å². The van der Waals surface area contributed by atoms with Gasteiger partial charge in [0.25, 0.3) is 0 Å². The lowest BCUT2D eigenvalue weighted by Crippen LogP contribution is -2.13. The molecule has 0 spiro atoms. The lowest BCUT2D eigenvalue weighted by atomic mass is 10.2. The normalized spacial score (nSPS) is 18.5. The molecule has 0 N–H and O–H groups in total. The summed E-state index contributed by atoms with van der Waals surface area (Å²) in [6.45, 7) is 0.295. The monoisotopic (exact) mass is 297 g/mol. The molecule has 0 bridgehead atoms. The molecule has 0 saturated heterocycles. The van der Waals surface area contributed by atoms with E-state index in [2.05, 4.69) is 0 Å². The van der Waals surface area contributed by atoms with Gasteiger partial charge in [-0.05, 0) is 41.8 Å². The highest BCUT2D eigenvalue weighted by atomic mass is 32.2. The van der Waals surface area contributed by atoms with Gasteiger partial charge in [-0.25, -0.2) is 13.0 Å². The van der Waals surface area contributed by atoms with Crippen molar-refractivity contribution in [3.8, 4) is 0 Å². The molecule has 1 aliphatic rings. The van der Waals surface area contributed by atoms with Crippen LogP contribution in [0.4, 0.5) is 8.78 Å². The van der Waals surface area contributed by atoms with E-state index in [0.717, 1.165) is 21.9 Å². The van der Waals surface area contributed by atoms with E-state index in [4.69, 9.17) is 0 Å². The van der Waals surface area contributed by atoms with Crippen molar-refractivity contribution < 1.29 is 13.0 Å². The lowest BCUT2D eigenvalue weighted by Gasteiger charge is -2.11. The molecule has 1 atom stereocenters. The van der Waals surface area contributed by atoms with E-state index < -0.39 is 22.6 Å². The zero-order chi connectivity index (χ0) is 13.4. The van der Waals surface area contributed by atoms with Gasteiger partial charge in [0.2, 0.25) is 0 Å². The Balaban J connectivity index is 1.83. The summed E-state index contributed by atoms with van der Waals surface area (Å²) < 4.78 is 39.8. The summed E-state index contributed by atoms with van der Waals surface area (Å²) in [4.78, 5) is 1.69. The van der Waals surface area contributed by atoms with Gasteiger partial charge >= 0.3 is 0 Å². The molecular formula is C13H9F2NOS2. The largest absolute Gasteiger partial charge is 0.236 e. The molecule has 0 aliphatic carbocycles. The Morgan fingerprint density at radius 3 is 2.63 bits per heavy atom. The summed E-state index contributed by atoms with van der Waals surface area (Å²) in [7, 11) is -1.27. The fraction of sp³-hybridized carbons (Fsp3) is 0.0769. The molecule has 98 valence electrons.